The molecule has 0 aliphatic heterocycles. The maximum atomic E-state index is 13.1. The second-order valence-electron chi connectivity index (χ2n) is 4.49. The fourth-order valence-corrected chi connectivity index (χ4v) is 2.82. The van der Waals surface area contributed by atoms with E-state index in [-0.39, 0.29) is 11.7 Å². The van der Waals surface area contributed by atoms with Crippen LogP contribution >= 0.6 is 11.8 Å². The van der Waals surface area contributed by atoms with Gasteiger partial charge in [0.25, 0.3) is 0 Å². The van der Waals surface area contributed by atoms with Crippen molar-refractivity contribution in [3.63, 3.8) is 0 Å². The van der Waals surface area contributed by atoms with E-state index < -0.39 is 0 Å². The van der Waals surface area contributed by atoms with Gasteiger partial charge in [-0.15, -0.1) is 11.8 Å². The van der Waals surface area contributed by atoms with Crippen molar-refractivity contribution in [3.05, 3.63) is 53.3 Å². The summed E-state index contributed by atoms with van der Waals surface area (Å²) in [5.74, 6) is 1.59. The molecule has 0 spiro atoms. The minimum Gasteiger partial charge on any atom is -0.456 e. The number of hydrogen-bond donors (Lipinski definition) is 2. The average Bonchev–Trinajstić information content (AvgIpc) is 2.42. The Morgan fingerprint density at radius 3 is 2.67 bits per heavy atom. The summed E-state index contributed by atoms with van der Waals surface area (Å²) in [6.07, 6.45) is 0. The average molecular weight is 304 g/mol. The van der Waals surface area contributed by atoms with E-state index in [0.29, 0.717) is 22.6 Å². The van der Waals surface area contributed by atoms with E-state index in [9.17, 15) is 4.39 Å². The second kappa shape index (κ2) is 6.63. The molecule has 0 atom stereocenters. The van der Waals surface area contributed by atoms with E-state index in [2.05, 4.69) is 0 Å². The van der Waals surface area contributed by atoms with E-state index in [1.807, 2.05) is 19.1 Å². The van der Waals surface area contributed by atoms with Crippen LogP contribution in [0.15, 0.2) is 41.3 Å². The molecule has 0 amide bonds. The SMILES string of the molecule is CCSc1cccc(Oc2ccc(F)cc2C)c1C(=N)N. The molecule has 0 aliphatic carbocycles. The molecule has 2 rings (SSSR count). The molecule has 0 aromatic heterocycles. The van der Waals surface area contributed by atoms with Gasteiger partial charge >= 0.3 is 0 Å². The zero-order valence-electron chi connectivity index (χ0n) is 11.9. The summed E-state index contributed by atoms with van der Waals surface area (Å²) in [6.45, 7) is 3.81. The number of halogens is 1. The fourth-order valence-electron chi connectivity index (χ4n) is 1.98. The molecule has 0 aliphatic rings. The number of thioether (sulfide) groups is 1. The van der Waals surface area contributed by atoms with Crippen molar-refractivity contribution < 1.29 is 9.13 Å². The first-order valence-electron chi connectivity index (χ1n) is 6.57. The van der Waals surface area contributed by atoms with E-state index in [1.165, 1.54) is 12.1 Å². The quantitative estimate of drug-likeness (QED) is 0.491. The van der Waals surface area contributed by atoms with Crippen LogP contribution in [-0.2, 0) is 0 Å². The maximum Gasteiger partial charge on any atom is 0.139 e. The normalized spacial score (nSPS) is 10.4. The number of benzene rings is 2. The Kier molecular flexibility index (Phi) is 4.85. The Bertz CT molecular complexity index is 673. The van der Waals surface area contributed by atoms with Crippen LogP contribution in [0, 0.1) is 18.2 Å². The lowest BCUT2D eigenvalue weighted by atomic mass is 10.1. The minimum atomic E-state index is -0.304. The van der Waals surface area contributed by atoms with Crippen LogP contribution in [0.1, 0.15) is 18.1 Å². The van der Waals surface area contributed by atoms with Gasteiger partial charge in [-0.3, -0.25) is 5.41 Å². The van der Waals surface area contributed by atoms with Crippen LogP contribution in [0.4, 0.5) is 4.39 Å². The van der Waals surface area contributed by atoms with Gasteiger partial charge in [-0.2, -0.15) is 0 Å². The van der Waals surface area contributed by atoms with Crippen LogP contribution < -0.4 is 10.5 Å². The summed E-state index contributed by atoms with van der Waals surface area (Å²) >= 11 is 1.60. The third-order valence-electron chi connectivity index (χ3n) is 2.91. The van der Waals surface area contributed by atoms with E-state index in [0.717, 1.165) is 10.6 Å². The zero-order chi connectivity index (χ0) is 15.4. The lowest BCUT2D eigenvalue weighted by Crippen LogP contribution is -2.14. The van der Waals surface area contributed by atoms with Gasteiger partial charge in [0.1, 0.15) is 23.2 Å². The van der Waals surface area contributed by atoms with Crippen LogP contribution in [0.3, 0.4) is 0 Å². The first-order chi connectivity index (χ1) is 10.0. The smallest absolute Gasteiger partial charge is 0.139 e. The second-order valence-corrected chi connectivity index (χ2v) is 5.79. The van der Waals surface area contributed by atoms with Crippen LogP contribution in [0.2, 0.25) is 0 Å². The first kappa shape index (κ1) is 15.4. The van der Waals surface area contributed by atoms with Gasteiger partial charge in [-0.1, -0.05) is 13.0 Å². The van der Waals surface area contributed by atoms with Crippen molar-refractivity contribution in [1.29, 1.82) is 5.41 Å². The Labute approximate surface area is 127 Å². The number of amidine groups is 1. The Morgan fingerprint density at radius 1 is 1.29 bits per heavy atom. The summed E-state index contributed by atoms with van der Waals surface area (Å²) in [7, 11) is 0. The van der Waals surface area contributed by atoms with Crippen molar-refractivity contribution in [3.8, 4) is 11.5 Å². The van der Waals surface area contributed by atoms with Crippen LogP contribution in [0.25, 0.3) is 0 Å². The summed E-state index contributed by atoms with van der Waals surface area (Å²) in [6, 6.07) is 9.87. The summed E-state index contributed by atoms with van der Waals surface area (Å²) in [5, 5.41) is 7.77. The Hall–Kier alpha value is -2.01. The number of nitrogens with one attached hydrogen (secondary N) is 1. The summed E-state index contributed by atoms with van der Waals surface area (Å²) < 4.78 is 19.0. The van der Waals surface area contributed by atoms with Gasteiger partial charge in [-0.05, 0) is 48.6 Å². The highest BCUT2D eigenvalue weighted by atomic mass is 32.2. The fraction of sp³-hybridized carbons (Fsp3) is 0.188. The lowest BCUT2D eigenvalue weighted by molar-refractivity contribution is 0.474. The molecule has 0 radical (unpaired) electrons. The van der Waals surface area contributed by atoms with Gasteiger partial charge in [-0.25, -0.2) is 4.39 Å². The Morgan fingerprint density at radius 2 is 2.05 bits per heavy atom. The summed E-state index contributed by atoms with van der Waals surface area (Å²) in [4.78, 5) is 0.905. The molecule has 0 unspecified atom stereocenters. The molecule has 2 aromatic carbocycles. The zero-order valence-corrected chi connectivity index (χ0v) is 12.8. The molecule has 0 heterocycles. The third-order valence-corrected chi connectivity index (χ3v) is 3.85. The number of ether oxygens (including phenoxy) is 1. The topological polar surface area (TPSA) is 59.1 Å². The van der Waals surface area contributed by atoms with Crippen molar-refractivity contribution in [2.75, 3.05) is 5.75 Å². The molecule has 21 heavy (non-hydrogen) atoms. The van der Waals surface area contributed by atoms with Crippen molar-refractivity contribution in [1.82, 2.24) is 0 Å². The molecule has 5 heteroatoms. The predicted octanol–water partition coefficient (Wildman–Crippen LogP) is 4.32. The molecule has 2 aromatic rings. The molecular formula is C16H17FN2OS. The third kappa shape index (κ3) is 3.55. The molecule has 0 saturated heterocycles. The lowest BCUT2D eigenvalue weighted by Gasteiger charge is -2.15. The number of rotatable bonds is 5. The molecule has 0 fully saturated rings. The largest absolute Gasteiger partial charge is 0.456 e. The predicted molar refractivity (Wildman–Crippen MR) is 85.1 cm³/mol. The van der Waals surface area contributed by atoms with Gasteiger partial charge in [0, 0.05) is 4.90 Å². The number of nitrogens with two attached hydrogens (primary N) is 1. The Balaban J connectivity index is 2.43. The van der Waals surface area contributed by atoms with E-state index in [1.54, 1.807) is 30.8 Å². The van der Waals surface area contributed by atoms with Crippen LogP contribution in [-0.4, -0.2) is 11.6 Å². The minimum absolute atomic E-state index is 0.0404. The van der Waals surface area contributed by atoms with Gasteiger partial charge in [0.2, 0.25) is 0 Å². The van der Waals surface area contributed by atoms with Gasteiger partial charge in [0.05, 0.1) is 5.56 Å². The first-order valence-corrected chi connectivity index (χ1v) is 7.55. The van der Waals surface area contributed by atoms with Crippen LogP contribution in [0.5, 0.6) is 11.5 Å². The monoisotopic (exact) mass is 304 g/mol. The highest BCUT2D eigenvalue weighted by Crippen LogP contribution is 2.33. The van der Waals surface area contributed by atoms with Crippen molar-refractivity contribution >= 4 is 17.6 Å². The molecule has 0 saturated carbocycles. The molecular weight excluding hydrogens is 287 g/mol. The molecule has 3 nitrogen and oxygen atoms in total. The molecule has 0 bridgehead atoms. The van der Waals surface area contributed by atoms with E-state index in [4.69, 9.17) is 15.9 Å². The highest BCUT2D eigenvalue weighted by molar-refractivity contribution is 7.99. The molecule has 110 valence electrons. The summed E-state index contributed by atoms with van der Waals surface area (Å²) in [5.41, 5.74) is 6.96. The van der Waals surface area contributed by atoms with Gasteiger partial charge < -0.3 is 10.5 Å². The number of hydrogen-bond acceptors (Lipinski definition) is 3. The molecule has 3 N–H and O–H groups in total. The maximum absolute atomic E-state index is 13.1. The number of nitrogen functional groups attached to an aromatic ring is 1. The van der Waals surface area contributed by atoms with E-state index >= 15 is 0 Å². The van der Waals surface area contributed by atoms with Gasteiger partial charge in [0.15, 0.2) is 0 Å². The van der Waals surface area contributed by atoms with Crippen molar-refractivity contribution in [2.24, 2.45) is 5.73 Å². The standard InChI is InChI=1S/C16H17FN2OS/c1-3-21-14-6-4-5-13(15(14)16(18)19)20-12-8-7-11(17)9-10(12)2/h4-9H,3H2,1-2H3,(H3,18,19). The number of aryl methyl sites for hydroxylation is 1. The van der Waals surface area contributed by atoms with Crippen molar-refractivity contribution in [2.45, 2.75) is 18.7 Å². The highest BCUT2D eigenvalue weighted by Gasteiger charge is 2.14.